The second-order valence-corrected chi connectivity index (χ2v) is 10.2. The SMILES string of the molecule is [B]=C1C=CC(c2c(F)c(F)c(F)c(F)c2F)=C1c1c(F)c(F)c(F)c(F)c1F.[Cl][Zr][Cl].c1cc[cH-]c1. The first-order chi connectivity index (χ1) is 16.9. The maximum atomic E-state index is 14.1. The molecule has 0 spiro atoms. The number of hydrogen-bond donors (Lipinski definition) is 0. The monoisotopic (exact) mass is 632 g/mol. The molecule has 0 saturated heterocycles. The molecule has 4 rings (SSSR count). The van der Waals surface area contributed by atoms with Crippen molar-refractivity contribution < 1.29 is 64.8 Å². The van der Waals surface area contributed by atoms with Crippen molar-refractivity contribution >= 4 is 41.1 Å². The second kappa shape index (κ2) is 13.0. The summed E-state index contributed by atoms with van der Waals surface area (Å²) in [5, 5.41) is 0. The summed E-state index contributed by atoms with van der Waals surface area (Å²) in [6, 6.07) is 10.0. The maximum Gasteiger partial charge on any atom is -0.172 e. The molecule has 0 aliphatic heterocycles. The number of rotatable bonds is 2. The molecule has 36 heavy (non-hydrogen) atoms. The molecular weight excluding hydrogens is 627 g/mol. The summed E-state index contributed by atoms with van der Waals surface area (Å²) in [5.41, 5.74) is -6.25. The van der Waals surface area contributed by atoms with Crippen molar-refractivity contribution in [2.45, 2.75) is 0 Å². The van der Waals surface area contributed by atoms with E-state index in [1.807, 2.05) is 30.3 Å². The molecule has 0 N–H and O–H groups in total. The average molecular weight is 634 g/mol. The van der Waals surface area contributed by atoms with Crippen molar-refractivity contribution in [1.29, 1.82) is 0 Å². The molecule has 1 radical (unpaired) electrons. The number of hydrogen-bond acceptors (Lipinski definition) is 0. The van der Waals surface area contributed by atoms with Gasteiger partial charge in [0.15, 0.2) is 0 Å². The molecule has 0 aromatic heterocycles. The van der Waals surface area contributed by atoms with Crippen molar-refractivity contribution in [3.63, 3.8) is 0 Å². The van der Waals surface area contributed by atoms with E-state index in [0.717, 1.165) is 6.08 Å². The Labute approximate surface area is 216 Å². The molecule has 3 aromatic rings. The molecule has 0 bridgehead atoms. The summed E-state index contributed by atoms with van der Waals surface area (Å²) in [4.78, 5) is 0. The second-order valence-electron chi connectivity index (χ2n) is 6.50. The van der Waals surface area contributed by atoms with Gasteiger partial charge >= 0.3 is 187 Å². The summed E-state index contributed by atoms with van der Waals surface area (Å²) in [6.45, 7) is 0. The van der Waals surface area contributed by atoms with Crippen LogP contribution in [0.5, 0.6) is 0 Å². The zero-order valence-electron chi connectivity index (χ0n) is 17.2. The Bertz CT molecular complexity index is 1210. The summed E-state index contributed by atoms with van der Waals surface area (Å²) in [7, 11) is 15.3. The molecule has 14 heteroatoms. The van der Waals surface area contributed by atoms with Crippen molar-refractivity contribution in [1.82, 2.24) is 0 Å². The smallest absolute Gasteiger partial charge is 0.172 e. The Morgan fingerprint density at radius 2 is 0.889 bits per heavy atom. The summed E-state index contributed by atoms with van der Waals surface area (Å²) >= 11 is -0.826. The third-order valence-electron chi connectivity index (χ3n) is 4.48. The van der Waals surface area contributed by atoms with Crippen molar-refractivity contribution in [2.75, 3.05) is 0 Å². The summed E-state index contributed by atoms with van der Waals surface area (Å²) in [6.07, 6.45) is 1.35. The van der Waals surface area contributed by atoms with E-state index in [0.29, 0.717) is 6.08 Å². The molecule has 1 aliphatic rings. The van der Waals surface area contributed by atoms with E-state index < -0.39 is 107 Å². The van der Waals surface area contributed by atoms with E-state index in [2.05, 4.69) is 0 Å². The van der Waals surface area contributed by atoms with Gasteiger partial charge < -0.3 is 0 Å². The topological polar surface area (TPSA) is 0 Å². The minimum atomic E-state index is -2.51. The quantitative estimate of drug-likeness (QED) is 0.0893. The van der Waals surface area contributed by atoms with Crippen molar-refractivity contribution in [2.24, 2.45) is 0 Å². The Kier molecular flexibility index (Phi) is 10.9. The van der Waals surface area contributed by atoms with Gasteiger partial charge in [-0.05, 0) is 0 Å². The van der Waals surface area contributed by atoms with Crippen LogP contribution in [0.4, 0.5) is 43.9 Å². The van der Waals surface area contributed by atoms with Gasteiger partial charge in [-0.25, -0.2) is 12.1 Å². The normalized spacial score (nSPS) is 12.2. The average Bonchev–Trinajstić information content (AvgIpc) is 3.55. The van der Waals surface area contributed by atoms with Gasteiger partial charge in [-0.2, -0.15) is 18.2 Å². The zero-order valence-corrected chi connectivity index (χ0v) is 21.1. The molecule has 187 valence electrons. The molecule has 3 aromatic carbocycles. The van der Waals surface area contributed by atoms with Gasteiger partial charge in [0.05, 0.1) is 0 Å². The fourth-order valence-electron chi connectivity index (χ4n) is 2.97. The molecule has 0 heterocycles. The van der Waals surface area contributed by atoms with Gasteiger partial charge in [-0.3, -0.25) is 0 Å². The van der Waals surface area contributed by atoms with Crippen LogP contribution in [0.15, 0.2) is 42.5 Å². The number of benzene rings is 2. The molecule has 1 aliphatic carbocycles. The largest absolute Gasteiger partial charge is 0.214 e. The number of halogens is 12. The first kappa shape index (κ1) is 30.2. The van der Waals surface area contributed by atoms with Crippen LogP contribution in [0.3, 0.4) is 0 Å². The van der Waals surface area contributed by atoms with E-state index in [-0.39, 0.29) is 0 Å². The standard InChI is InChI=1S/C17H2BF10.C5H5.2ClH.Zr/c18-4-2-1-3(6-8(19)12(23)16(27)13(24)9(6)20)5(4)7-10(21)14(25)17(28)15(26)11(7)22;1-2-4-5-3-1;;;/h1-2H;1-5H;2*1H;/q;-1;;;+2/p-2. The van der Waals surface area contributed by atoms with Gasteiger partial charge in [0.1, 0.15) is 0 Å². The van der Waals surface area contributed by atoms with Crippen LogP contribution in [0.1, 0.15) is 11.1 Å². The minimum absolute atomic E-state index is 0.612. The molecule has 0 nitrogen and oxygen atoms in total. The Balaban J connectivity index is 0.000000490. The third-order valence-corrected chi connectivity index (χ3v) is 4.48. The Morgan fingerprint density at radius 3 is 1.22 bits per heavy atom. The molecule has 0 fully saturated rings. The zero-order chi connectivity index (χ0) is 27.3. The first-order valence-electron chi connectivity index (χ1n) is 9.13. The van der Waals surface area contributed by atoms with Gasteiger partial charge in [0, 0.05) is 0 Å². The predicted molar refractivity (Wildman–Crippen MR) is 113 cm³/mol. The van der Waals surface area contributed by atoms with Crippen LogP contribution in [0.25, 0.3) is 11.1 Å². The number of allylic oxidation sites excluding steroid dienone is 4. The van der Waals surface area contributed by atoms with E-state index >= 15 is 0 Å². The molecule has 0 unspecified atom stereocenters. The van der Waals surface area contributed by atoms with Crippen LogP contribution in [-0.2, 0) is 20.8 Å². The van der Waals surface area contributed by atoms with Crippen LogP contribution in [0, 0.1) is 58.2 Å². The van der Waals surface area contributed by atoms with Crippen LogP contribution in [0.2, 0.25) is 0 Å². The fourth-order valence-corrected chi connectivity index (χ4v) is 2.97. The van der Waals surface area contributed by atoms with E-state index in [4.69, 9.17) is 24.5 Å². The Morgan fingerprint density at radius 1 is 0.556 bits per heavy atom. The summed E-state index contributed by atoms with van der Waals surface area (Å²) < 4.78 is 137. The van der Waals surface area contributed by atoms with Crippen LogP contribution in [-0.4, -0.2) is 13.0 Å². The van der Waals surface area contributed by atoms with Gasteiger partial charge in [-0.15, -0.1) is 0 Å². The van der Waals surface area contributed by atoms with Crippen molar-refractivity contribution in [3.05, 3.63) is 112 Å². The third kappa shape index (κ3) is 5.92. The van der Waals surface area contributed by atoms with E-state index in [1.165, 1.54) is 0 Å². The van der Waals surface area contributed by atoms with Gasteiger partial charge in [0.2, 0.25) is 0 Å². The Hall–Kier alpha value is -2.03. The fraction of sp³-hybridized carbons (Fsp3) is 0. The van der Waals surface area contributed by atoms with Crippen molar-refractivity contribution in [3.8, 4) is 0 Å². The van der Waals surface area contributed by atoms with Crippen LogP contribution >= 0.6 is 17.0 Å². The first-order valence-corrected chi connectivity index (χ1v) is 15.5. The summed E-state index contributed by atoms with van der Waals surface area (Å²) in [5.74, 6) is -24.1. The minimum Gasteiger partial charge on any atom is -0.214 e. The van der Waals surface area contributed by atoms with E-state index in [9.17, 15) is 43.9 Å². The molecular formula is C22H7BCl2F10Zr-. The molecule has 0 atom stereocenters. The predicted octanol–water partition coefficient (Wildman–Crippen LogP) is 7.68. The molecule has 0 amide bonds. The molecule has 0 saturated carbocycles. The van der Waals surface area contributed by atoms with Gasteiger partial charge in [0.25, 0.3) is 0 Å². The van der Waals surface area contributed by atoms with E-state index in [1.54, 1.807) is 0 Å². The van der Waals surface area contributed by atoms with Gasteiger partial charge in [-0.1, -0.05) is 0 Å². The maximum absolute atomic E-state index is 14.1. The van der Waals surface area contributed by atoms with Crippen LogP contribution < -0.4 is 0 Å².